The Hall–Kier alpha value is -3.56. The standard InChI is InChI=1S/C24H20ClNO7S/c1-3-32-24(31)20-21(29)18(11-14-8-9-17(16(25)10-14)33-12-19(27)28)34-23(20)26-22(30)15-7-5-4-6-13(15)2/h4-11,29H,3,12H2,1-2H3,(H,27,28)/b18-11-,26-23?. The molecule has 0 saturated heterocycles. The van der Waals surface area contributed by atoms with E-state index in [4.69, 9.17) is 26.2 Å². The van der Waals surface area contributed by atoms with Crippen LogP contribution in [0.25, 0.3) is 6.08 Å². The summed E-state index contributed by atoms with van der Waals surface area (Å²) in [6.07, 6.45) is 1.55. The molecule has 0 saturated carbocycles. The van der Waals surface area contributed by atoms with Crippen molar-refractivity contribution in [3.05, 3.63) is 80.4 Å². The molecule has 10 heteroatoms. The largest absolute Gasteiger partial charge is 0.506 e. The Bertz CT molecular complexity index is 1250. The van der Waals surface area contributed by atoms with Gasteiger partial charge in [-0.1, -0.05) is 47.6 Å². The predicted octanol–water partition coefficient (Wildman–Crippen LogP) is 4.81. The van der Waals surface area contributed by atoms with Crippen LogP contribution < -0.4 is 4.74 Å². The molecular weight excluding hydrogens is 482 g/mol. The molecule has 2 aromatic rings. The van der Waals surface area contributed by atoms with Crippen molar-refractivity contribution in [2.45, 2.75) is 13.8 Å². The van der Waals surface area contributed by atoms with Crippen LogP contribution in [0, 0.1) is 6.92 Å². The van der Waals surface area contributed by atoms with E-state index in [-0.39, 0.29) is 38.7 Å². The maximum atomic E-state index is 12.8. The van der Waals surface area contributed by atoms with Crippen molar-refractivity contribution < 1.29 is 34.1 Å². The number of aliphatic imine (C=N–C) groups is 1. The first-order valence-electron chi connectivity index (χ1n) is 10.0. The SMILES string of the molecule is CCOC(=O)C1=C(O)/C(=C/c2ccc(OCC(=O)O)c(Cl)c2)SC1=NC(=O)c1ccccc1C. The fourth-order valence-electron chi connectivity index (χ4n) is 2.97. The second-order valence-corrected chi connectivity index (χ2v) is 8.40. The third-order valence-corrected chi connectivity index (χ3v) is 5.87. The number of halogens is 1. The van der Waals surface area contributed by atoms with Gasteiger partial charge in [0.05, 0.1) is 16.5 Å². The van der Waals surface area contributed by atoms with Crippen LogP contribution in [0.1, 0.15) is 28.4 Å². The molecule has 0 aromatic heterocycles. The van der Waals surface area contributed by atoms with Gasteiger partial charge in [0, 0.05) is 5.56 Å². The lowest BCUT2D eigenvalue weighted by Gasteiger charge is -2.06. The van der Waals surface area contributed by atoms with E-state index in [0.29, 0.717) is 11.1 Å². The van der Waals surface area contributed by atoms with Gasteiger partial charge in [-0.25, -0.2) is 14.6 Å². The lowest BCUT2D eigenvalue weighted by molar-refractivity contribution is -0.139. The summed E-state index contributed by atoms with van der Waals surface area (Å²) < 4.78 is 10.1. The zero-order valence-electron chi connectivity index (χ0n) is 18.2. The van der Waals surface area contributed by atoms with Crippen molar-refractivity contribution in [3.8, 4) is 5.75 Å². The van der Waals surface area contributed by atoms with E-state index < -0.39 is 24.5 Å². The summed E-state index contributed by atoms with van der Waals surface area (Å²) in [5, 5.41) is 19.7. The summed E-state index contributed by atoms with van der Waals surface area (Å²) >= 11 is 7.11. The second-order valence-electron chi connectivity index (χ2n) is 6.96. The molecule has 0 unspecified atom stereocenters. The highest BCUT2D eigenvalue weighted by Gasteiger charge is 2.34. The van der Waals surface area contributed by atoms with Crippen molar-refractivity contribution >= 4 is 52.3 Å². The fourth-order valence-corrected chi connectivity index (χ4v) is 4.23. The van der Waals surface area contributed by atoms with E-state index in [1.165, 1.54) is 12.1 Å². The minimum atomic E-state index is -1.14. The van der Waals surface area contributed by atoms with Gasteiger partial charge in [0.25, 0.3) is 5.91 Å². The van der Waals surface area contributed by atoms with Gasteiger partial charge in [0.15, 0.2) is 6.61 Å². The second kappa shape index (κ2) is 11.0. The molecule has 2 aromatic carbocycles. The maximum Gasteiger partial charge on any atom is 0.344 e. The Balaban J connectivity index is 1.96. The summed E-state index contributed by atoms with van der Waals surface area (Å²) in [6.45, 7) is 2.93. The maximum absolute atomic E-state index is 12.8. The molecule has 3 rings (SSSR count). The van der Waals surface area contributed by atoms with Crippen LogP contribution in [-0.4, -0.2) is 46.3 Å². The Kier molecular flexibility index (Phi) is 8.14. The van der Waals surface area contributed by atoms with Crippen molar-refractivity contribution in [1.29, 1.82) is 0 Å². The summed E-state index contributed by atoms with van der Waals surface area (Å²) in [4.78, 5) is 40.3. The Labute approximate surface area is 204 Å². The third-order valence-electron chi connectivity index (χ3n) is 4.55. The van der Waals surface area contributed by atoms with Crippen LogP contribution in [0.4, 0.5) is 0 Å². The molecule has 1 heterocycles. The number of nitrogens with zero attached hydrogens (tertiary/aromatic N) is 1. The number of aliphatic carboxylic acids is 1. The van der Waals surface area contributed by atoms with Crippen LogP contribution in [0.15, 0.2) is 63.7 Å². The fraction of sp³-hybridized carbons (Fsp3) is 0.167. The predicted molar refractivity (Wildman–Crippen MR) is 129 cm³/mol. The Morgan fingerprint density at radius 2 is 1.91 bits per heavy atom. The number of hydrogen-bond donors (Lipinski definition) is 2. The number of ether oxygens (including phenoxy) is 2. The smallest absolute Gasteiger partial charge is 0.344 e. The van der Waals surface area contributed by atoms with Crippen LogP contribution in [-0.2, 0) is 14.3 Å². The van der Waals surface area contributed by atoms with Gasteiger partial charge in [0.1, 0.15) is 22.1 Å². The number of benzene rings is 2. The van der Waals surface area contributed by atoms with Gasteiger partial charge < -0.3 is 19.7 Å². The van der Waals surface area contributed by atoms with Crippen molar-refractivity contribution in [2.24, 2.45) is 4.99 Å². The summed E-state index contributed by atoms with van der Waals surface area (Å²) in [6, 6.07) is 11.5. The number of aliphatic hydroxyl groups is 1. The van der Waals surface area contributed by atoms with Crippen molar-refractivity contribution in [2.75, 3.05) is 13.2 Å². The first kappa shape index (κ1) is 25.1. The molecule has 0 radical (unpaired) electrons. The molecule has 176 valence electrons. The molecular formula is C24H20ClNO7S. The van der Waals surface area contributed by atoms with E-state index in [9.17, 15) is 19.5 Å². The summed E-state index contributed by atoms with van der Waals surface area (Å²) in [5.41, 5.74) is 1.43. The number of carbonyl (C=O) groups excluding carboxylic acids is 2. The Morgan fingerprint density at radius 1 is 1.18 bits per heavy atom. The zero-order valence-corrected chi connectivity index (χ0v) is 19.8. The van der Waals surface area contributed by atoms with E-state index in [1.807, 2.05) is 0 Å². The monoisotopic (exact) mass is 501 g/mol. The van der Waals surface area contributed by atoms with Crippen LogP contribution in [0.2, 0.25) is 5.02 Å². The molecule has 2 N–H and O–H groups in total. The van der Waals surface area contributed by atoms with Crippen molar-refractivity contribution in [1.82, 2.24) is 0 Å². The average Bonchev–Trinajstić information content (AvgIpc) is 3.08. The van der Waals surface area contributed by atoms with Gasteiger partial charge in [-0.3, -0.25) is 4.79 Å². The number of amides is 1. The highest BCUT2D eigenvalue weighted by molar-refractivity contribution is 8.18. The average molecular weight is 502 g/mol. The third kappa shape index (κ3) is 5.86. The zero-order chi connectivity index (χ0) is 24.8. The number of aliphatic hydroxyl groups excluding tert-OH is 1. The minimum Gasteiger partial charge on any atom is -0.506 e. The Morgan fingerprint density at radius 3 is 2.56 bits per heavy atom. The molecule has 0 spiro atoms. The molecule has 0 atom stereocenters. The number of hydrogen-bond acceptors (Lipinski definition) is 7. The first-order valence-corrected chi connectivity index (χ1v) is 11.2. The molecule has 0 aliphatic carbocycles. The molecule has 1 aliphatic rings. The molecule has 34 heavy (non-hydrogen) atoms. The van der Waals surface area contributed by atoms with Gasteiger partial charge in [-0.05, 0) is 49.2 Å². The number of thioether (sulfide) groups is 1. The number of aryl methyl sites for hydroxylation is 1. The number of carbonyl (C=O) groups is 3. The summed E-state index contributed by atoms with van der Waals surface area (Å²) in [7, 11) is 0. The quantitative estimate of drug-likeness (QED) is 0.518. The van der Waals surface area contributed by atoms with Gasteiger partial charge >= 0.3 is 11.9 Å². The number of rotatable bonds is 7. The molecule has 1 amide bonds. The van der Waals surface area contributed by atoms with E-state index >= 15 is 0 Å². The van der Waals surface area contributed by atoms with Crippen LogP contribution in [0.3, 0.4) is 0 Å². The van der Waals surface area contributed by atoms with E-state index in [2.05, 4.69) is 4.99 Å². The molecule has 8 nitrogen and oxygen atoms in total. The van der Waals surface area contributed by atoms with Gasteiger partial charge in [0.2, 0.25) is 0 Å². The number of esters is 1. The van der Waals surface area contributed by atoms with E-state index in [1.54, 1.807) is 50.3 Å². The topological polar surface area (TPSA) is 122 Å². The molecule has 0 fully saturated rings. The molecule has 0 bridgehead atoms. The molecule has 1 aliphatic heterocycles. The minimum absolute atomic E-state index is 0.0166. The number of carboxylic acids is 1. The highest BCUT2D eigenvalue weighted by Crippen LogP contribution is 2.40. The normalized spacial score (nSPS) is 15.6. The van der Waals surface area contributed by atoms with Crippen LogP contribution in [0.5, 0.6) is 5.75 Å². The van der Waals surface area contributed by atoms with Crippen LogP contribution >= 0.6 is 23.4 Å². The summed E-state index contributed by atoms with van der Waals surface area (Å²) in [5.74, 6) is -2.69. The van der Waals surface area contributed by atoms with Gasteiger partial charge in [-0.15, -0.1) is 0 Å². The van der Waals surface area contributed by atoms with Crippen molar-refractivity contribution in [3.63, 3.8) is 0 Å². The van der Waals surface area contributed by atoms with Gasteiger partial charge in [-0.2, -0.15) is 0 Å². The van der Waals surface area contributed by atoms with E-state index in [0.717, 1.165) is 17.3 Å². The first-order chi connectivity index (χ1) is 16.2. The highest BCUT2D eigenvalue weighted by atomic mass is 35.5. The lowest BCUT2D eigenvalue weighted by atomic mass is 10.1. The lowest BCUT2D eigenvalue weighted by Crippen LogP contribution is -2.14. The number of carboxylic acid groups (broad SMARTS) is 1.